The highest BCUT2D eigenvalue weighted by atomic mass is 127. The number of carbonyl (C=O) groups is 1. The van der Waals surface area contributed by atoms with Crippen LogP contribution in [0.3, 0.4) is 0 Å². The minimum atomic E-state index is -3.96. The van der Waals surface area contributed by atoms with Gasteiger partial charge in [0.15, 0.2) is 0 Å². The molecule has 0 saturated carbocycles. The van der Waals surface area contributed by atoms with Crippen molar-refractivity contribution in [1.82, 2.24) is 10.1 Å². The summed E-state index contributed by atoms with van der Waals surface area (Å²) in [4.78, 5) is 13.2. The lowest BCUT2D eigenvalue weighted by atomic mass is 10.1. The number of carbonyl (C=O) groups excluding carboxylic acids is 1. The first-order chi connectivity index (χ1) is 18.8. The highest BCUT2D eigenvalue weighted by Crippen LogP contribution is 2.19. The normalized spacial score (nSPS) is 12.3. The average Bonchev–Trinajstić information content (AvgIpc) is 2.93. The summed E-state index contributed by atoms with van der Waals surface area (Å²) in [5.74, 6) is -0.0303. The molecular formula is C29H25ClIN3O4S. The minimum Gasteiger partial charge on any atom is -0.488 e. The van der Waals surface area contributed by atoms with E-state index in [1.807, 2.05) is 60.7 Å². The van der Waals surface area contributed by atoms with E-state index in [4.69, 9.17) is 16.3 Å². The Labute approximate surface area is 246 Å². The highest BCUT2D eigenvalue weighted by molar-refractivity contribution is 14.1. The first-order valence-corrected chi connectivity index (χ1v) is 14.9. The quantitative estimate of drug-likeness (QED) is 0.124. The summed E-state index contributed by atoms with van der Waals surface area (Å²) < 4.78 is 35.4. The molecule has 200 valence electrons. The van der Waals surface area contributed by atoms with Crippen LogP contribution in [-0.2, 0) is 27.8 Å². The number of ether oxygens (including phenoxy) is 1. The molecule has 2 N–H and O–H groups in total. The molecule has 0 aliphatic heterocycles. The molecule has 0 aliphatic carbocycles. The molecular weight excluding hydrogens is 649 g/mol. The van der Waals surface area contributed by atoms with E-state index in [-0.39, 0.29) is 11.3 Å². The molecule has 4 aromatic carbocycles. The van der Waals surface area contributed by atoms with Crippen molar-refractivity contribution in [1.29, 1.82) is 0 Å². The zero-order valence-corrected chi connectivity index (χ0v) is 24.4. The van der Waals surface area contributed by atoms with Gasteiger partial charge in [-0.15, -0.1) is 0 Å². The zero-order valence-electron chi connectivity index (χ0n) is 20.6. The maximum atomic E-state index is 13.1. The molecule has 0 aliphatic rings. The van der Waals surface area contributed by atoms with Crippen molar-refractivity contribution in [2.75, 3.05) is 0 Å². The SMILES string of the molecule is O=C(N/N=C\c1ccccc1OCc1cccc(Cl)c1)[C@@H](Cc1ccccc1)NS(=O)(=O)c1ccc(I)cc1. The van der Waals surface area contributed by atoms with E-state index in [1.54, 1.807) is 30.3 Å². The van der Waals surface area contributed by atoms with Crippen LogP contribution in [0.15, 0.2) is 113 Å². The number of sulfonamides is 1. The second-order valence-electron chi connectivity index (χ2n) is 8.51. The largest absolute Gasteiger partial charge is 0.488 e. The molecule has 1 amide bonds. The molecule has 4 aromatic rings. The number of hydrazone groups is 1. The van der Waals surface area contributed by atoms with Crippen molar-refractivity contribution in [2.24, 2.45) is 5.10 Å². The predicted molar refractivity (Wildman–Crippen MR) is 161 cm³/mol. The fourth-order valence-corrected chi connectivity index (χ4v) is 5.42. The van der Waals surface area contributed by atoms with Gasteiger partial charge in [-0.25, -0.2) is 13.8 Å². The van der Waals surface area contributed by atoms with Crippen LogP contribution in [0.5, 0.6) is 5.75 Å². The second kappa shape index (κ2) is 13.7. The van der Waals surface area contributed by atoms with Crippen molar-refractivity contribution in [3.05, 3.63) is 128 Å². The van der Waals surface area contributed by atoms with Crippen molar-refractivity contribution < 1.29 is 17.9 Å². The molecule has 7 nitrogen and oxygen atoms in total. The van der Waals surface area contributed by atoms with E-state index < -0.39 is 22.0 Å². The van der Waals surface area contributed by atoms with Gasteiger partial charge in [-0.1, -0.05) is 66.2 Å². The first kappa shape index (κ1) is 28.8. The number of para-hydroxylation sites is 1. The lowest BCUT2D eigenvalue weighted by Crippen LogP contribution is -2.46. The van der Waals surface area contributed by atoms with Crippen LogP contribution in [0.4, 0.5) is 0 Å². The molecule has 0 aromatic heterocycles. The minimum absolute atomic E-state index is 0.0723. The van der Waals surface area contributed by atoms with Gasteiger partial charge in [-0.3, -0.25) is 4.79 Å². The van der Waals surface area contributed by atoms with Crippen LogP contribution >= 0.6 is 34.2 Å². The van der Waals surface area contributed by atoms with Gasteiger partial charge in [-0.05, 0) is 88.7 Å². The topological polar surface area (TPSA) is 96.9 Å². The molecule has 0 radical (unpaired) electrons. The van der Waals surface area contributed by atoms with Gasteiger partial charge in [-0.2, -0.15) is 9.82 Å². The van der Waals surface area contributed by atoms with Crippen LogP contribution < -0.4 is 14.9 Å². The van der Waals surface area contributed by atoms with Crippen molar-refractivity contribution in [3.63, 3.8) is 0 Å². The number of nitrogens with zero attached hydrogens (tertiary/aromatic N) is 1. The standard InChI is InChI=1S/C29H25ClIN3O4S/c30-24-11-6-9-22(17-24)20-38-28-12-5-4-10-23(28)19-32-33-29(35)27(18-21-7-2-1-3-8-21)34-39(36,37)26-15-13-25(31)14-16-26/h1-17,19,27,34H,18,20H2,(H,33,35)/b32-19-/t27-/m1/s1. The first-order valence-electron chi connectivity index (χ1n) is 11.9. The van der Waals surface area contributed by atoms with E-state index in [0.717, 1.165) is 14.7 Å². The fraction of sp³-hybridized carbons (Fsp3) is 0.103. The Hall–Kier alpha value is -3.25. The molecule has 0 unspecified atom stereocenters. The molecule has 0 heterocycles. The third-order valence-electron chi connectivity index (χ3n) is 5.60. The van der Waals surface area contributed by atoms with Gasteiger partial charge >= 0.3 is 0 Å². The van der Waals surface area contributed by atoms with Gasteiger partial charge in [0.2, 0.25) is 10.0 Å². The Balaban J connectivity index is 1.47. The molecule has 0 bridgehead atoms. The summed E-state index contributed by atoms with van der Waals surface area (Å²) in [6, 6.07) is 29.1. The van der Waals surface area contributed by atoms with Crippen molar-refractivity contribution >= 4 is 56.3 Å². The van der Waals surface area contributed by atoms with Crippen molar-refractivity contribution in [3.8, 4) is 5.75 Å². The summed E-state index contributed by atoms with van der Waals surface area (Å²) in [6.45, 7) is 0.303. The Kier molecular flexibility index (Phi) is 10.1. The second-order valence-corrected chi connectivity index (χ2v) is 11.9. The molecule has 39 heavy (non-hydrogen) atoms. The third-order valence-corrected chi connectivity index (χ3v) is 8.04. The smallest absolute Gasteiger partial charge is 0.258 e. The number of halogens is 2. The fourth-order valence-electron chi connectivity index (χ4n) is 3.66. The van der Waals surface area contributed by atoms with E-state index in [2.05, 4.69) is 37.8 Å². The predicted octanol–water partition coefficient (Wildman–Crippen LogP) is 5.56. The van der Waals surface area contributed by atoms with Gasteiger partial charge in [0, 0.05) is 14.2 Å². The number of hydrogen-bond acceptors (Lipinski definition) is 5. The number of benzene rings is 4. The van der Waals surface area contributed by atoms with Gasteiger partial charge in [0.25, 0.3) is 5.91 Å². The van der Waals surface area contributed by atoms with Gasteiger partial charge in [0.05, 0.1) is 11.1 Å². The number of amides is 1. The Morgan fingerprint density at radius 1 is 0.923 bits per heavy atom. The van der Waals surface area contributed by atoms with Crippen molar-refractivity contribution in [2.45, 2.75) is 24.0 Å². The van der Waals surface area contributed by atoms with E-state index >= 15 is 0 Å². The molecule has 0 fully saturated rings. The Morgan fingerprint density at radius 2 is 1.62 bits per heavy atom. The molecule has 0 spiro atoms. The maximum Gasteiger partial charge on any atom is 0.258 e. The average molecular weight is 674 g/mol. The van der Waals surface area contributed by atoms with E-state index in [9.17, 15) is 13.2 Å². The lowest BCUT2D eigenvalue weighted by molar-refractivity contribution is -0.122. The molecule has 1 atom stereocenters. The van der Waals surface area contributed by atoms with Crippen LogP contribution in [0, 0.1) is 3.57 Å². The third kappa shape index (κ3) is 8.62. The van der Waals surface area contributed by atoms with Crippen LogP contribution in [-0.4, -0.2) is 26.6 Å². The van der Waals surface area contributed by atoms with E-state index in [0.29, 0.717) is 22.9 Å². The van der Waals surface area contributed by atoms with Gasteiger partial charge in [0.1, 0.15) is 18.4 Å². The molecule has 4 rings (SSSR count). The van der Waals surface area contributed by atoms with E-state index in [1.165, 1.54) is 18.3 Å². The molecule has 0 saturated heterocycles. The lowest BCUT2D eigenvalue weighted by Gasteiger charge is -2.17. The highest BCUT2D eigenvalue weighted by Gasteiger charge is 2.26. The zero-order chi connectivity index (χ0) is 27.7. The van der Waals surface area contributed by atoms with Gasteiger partial charge < -0.3 is 4.74 Å². The summed E-state index contributed by atoms with van der Waals surface area (Å²) in [6.07, 6.45) is 1.60. The summed E-state index contributed by atoms with van der Waals surface area (Å²) in [5, 5.41) is 4.71. The summed E-state index contributed by atoms with van der Waals surface area (Å²) >= 11 is 8.15. The Morgan fingerprint density at radius 3 is 2.36 bits per heavy atom. The number of rotatable bonds is 11. The van der Waals surface area contributed by atoms with Crippen LogP contribution in [0.2, 0.25) is 5.02 Å². The van der Waals surface area contributed by atoms with Crippen LogP contribution in [0.1, 0.15) is 16.7 Å². The number of nitrogens with one attached hydrogen (secondary N) is 2. The Bertz CT molecular complexity index is 1550. The van der Waals surface area contributed by atoms with Crippen LogP contribution in [0.25, 0.3) is 0 Å². The molecule has 10 heteroatoms. The monoisotopic (exact) mass is 673 g/mol. The maximum absolute atomic E-state index is 13.1. The summed E-state index contributed by atoms with van der Waals surface area (Å²) in [5.41, 5.74) is 4.82. The number of hydrogen-bond donors (Lipinski definition) is 2. The summed E-state index contributed by atoms with van der Waals surface area (Å²) in [7, 11) is -3.96.